The molecule has 0 aliphatic rings. The van der Waals surface area contributed by atoms with Gasteiger partial charge in [-0.2, -0.15) is 0 Å². The first-order valence-electron chi connectivity index (χ1n) is 6.57. The van der Waals surface area contributed by atoms with E-state index < -0.39 is 5.97 Å². The molecule has 0 amide bonds. The number of anilines is 2. The summed E-state index contributed by atoms with van der Waals surface area (Å²) in [6.45, 7) is 3.99. The van der Waals surface area contributed by atoms with Crippen LogP contribution in [0.1, 0.15) is 35.6 Å². The molecule has 7 heteroatoms. The molecule has 2 aromatic rings. The second kappa shape index (κ2) is 6.49. The topological polar surface area (TPSA) is 88.0 Å². The van der Waals surface area contributed by atoms with E-state index in [4.69, 9.17) is 16.7 Å². The van der Waals surface area contributed by atoms with Gasteiger partial charge in [0.25, 0.3) is 0 Å². The molecule has 0 saturated carbocycles. The van der Waals surface area contributed by atoms with E-state index in [2.05, 4.69) is 20.5 Å². The second-order valence-electron chi connectivity index (χ2n) is 4.36. The molecule has 21 heavy (non-hydrogen) atoms. The SMILES string of the molecule is CCc1nnc(Nc2ccc(Cl)c(C(=O)O)c2)nc1CC. The number of halogens is 1. The lowest BCUT2D eigenvalue weighted by Gasteiger charge is -2.09. The van der Waals surface area contributed by atoms with Gasteiger partial charge in [-0.3, -0.25) is 0 Å². The highest BCUT2D eigenvalue weighted by atomic mass is 35.5. The third-order valence-corrected chi connectivity index (χ3v) is 3.29. The first-order valence-corrected chi connectivity index (χ1v) is 6.95. The van der Waals surface area contributed by atoms with Crippen molar-refractivity contribution in [2.45, 2.75) is 26.7 Å². The van der Waals surface area contributed by atoms with Gasteiger partial charge in [0.05, 0.1) is 22.0 Å². The van der Waals surface area contributed by atoms with Crippen LogP contribution in [0.25, 0.3) is 0 Å². The maximum atomic E-state index is 11.1. The Kier molecular flexibility index (Phi) is 4.70. The summed E-state index contributed by atoms with van der Waals surface area (Å²) in [7, 11) is 0. The molecule has 2 rings (SSSR count). The number of carboxylic acid groups (broad SMARTS) is 1. The molecule has 0 atom stereocenters. The summed E-state index contributed by atoms with van der Waals surface area (Å²) in [4.78, 5) is 15.4. The predicted molar refractivity (Wildman–Crippen MR) is 80.3 cm³/mol. The quantitative estimate of drug-likeness (QED) is 0.882. The van der Waals surface area contributed by atoms with Crippen molar-refractivity contribution in [2.24, 2.45) is 0 Å². The van der Waals surface area contributed by atoms with Crippen molar-refractivity contribution >= 4 is 29.2 Å². The molecule has 1 aromatic heterocycles. The van der Waals surface area contributed by atoms with Crippen LogP contribution in [0.15, 0.2) is 18.2 Å². The maximum Gasteiger partial charge on any atom is 0.337 e. The standard InChI is InChI=1S/C14H15ClN4O2/c1-3-11-12(4-2)18-19-14(17-11)16-8-5-6-10(15)9(7-8)13(20)21/h5-7H,3-4H2,1-2H3,(H,20,21)(H,16,17,19). The van der Waals surface area contributed by atoms with E-state index >= 15 is 0 Å². The number of carboxylic acids is 1. The summed E-state index contributed by atoms with van der Waals surface area (Å²) >= 11 is 5.83. The molecule has 0 aliphatic carbocycles. The monoisotopic (exact) mass is 306 g/mol. The Labute approximate surface area is 127 Å². The average Bonchev–Trinajstić information content (AvgIpc) is 2.48. The van der Waals surface area contributed by atoms with Gasteiger partial charge in [0.2, 0.25) is 5.95 Å². The minimum absolute atomic E-state index is 0.0236. The number of nitrogens with one attached hydrogen (secondary N) is 1. The summed E-state index contributed by atoms with van der Waals surface area (Å²) in [5.74, 6) is -0.749. The fraction of sp³-hybridized carbons (Fsp3) is 0.286. The van der Waals surface area contributed by atoms with Crippen LogP contribution in [0.5, 0.6) is 0 Å². The number of benzene rings is 1. The lowest BCUT2D eigenvalue weighted by Crippen LogP contribution is -2.07. The Bertz CT molecular complexity index is 676. The van der Waals surface area contributed by atoms with Gasteiger partial charge < -0.3 is 10.4 Å². The molecular formula is C14H15ClN4O2. The molecule has 0 radical (unpaired) electrons. The smallest absolute Gasteiger partial charge is 0.337 e. The Balaban J connectivity index is 2.30. The van der Waals surface area contributed by atoms with Gasteiger partial charge in [-0.25, -0.2) is 9.78 Å². The Morgan fingerprint density at radius 3 is 2.57 bits per heavy atom. The highest BCUT2D eigenvalue weighted by molar-refractivity contribution is 6.33. The van der Waals surface area contributed by atoms with Crippen LogP contribution < -0.4 is 5.32 Å². The molecule has 1 aromatic carbocycles. The largest absolute Gasteiger partial charge is 0.478 e. The zero-order chi connectivity index (χ0) is 15.4. The Morgan fingerprint density at radius 2 is 1.95 bits per heavy atom. The normalized spacial score (nSPS) is 10.4. The summed E-state index contributed by atoms with van der Waals surface area (Å²) in [5.41, 5.74) is 2.31. The van der Waals surface area contributed by atoms with E-state index in [9.17, 15) is 4.79 Å². The molecular weight excluding hydrogens is 292 g/mol. The third-order valence-electron chi connectivity index (χ3n) is 2.96. The number of nitrogens with zero attached hydrogens (tertiary/aromatic N) is 3. The highest BCUT2D eigenvalue weighted by Gasteiger charge is 2.11. The molecule has 0 spiro atoms. The molecule has 0 fully saturated rings. The van der Waals surface area contributed by atoms with E-state index in [-0.39, 0.29) is 10.6 Å². The van der Waals surface area contributed by atoms with E-state index in [0.29, 0.717) is 11.6 Å². The van der Waals surface area contributed by atoms with Crippen molar-refractivity contribution in [3.63, 3.8) is 0 Å². The highest BCUT2D eigenvalue weighted by Crippen LogP contribution is 2.22. The third kappa shape index (κ3) is 3.46. The zero-order valence-corrected chi connectivity index (χ0v) is 12.5. The average molecular weight is 307 g/mol. The van der Waals surface area contributed by atoms with Gasteiger partial charge in [-0.05, 0) is 31.0 Å². The maximum absolute atomic E-state index is 11.1. The van der Waals surface area contributed by atoms with E-state index in [1.165, 1.54) is 12.1 Å². The number of aromatic carboxylic acids is 1. The van der Waals surface area contributed by atoms with E-state index in [1.807, 2.05) is 13.8 Å². The summed E-state index contributed by atoms with van der Waals surface area (Å²) in [6.07, 6.45) is 1.53. The minimum atomic E-state index is -1.08. The van der Waals surface area contributed by atoms with Crippen LogP contribution in [0.2, 0.25) is 5.02 Å². The number of rotatable bonds is 5. The number of hydrogen-bond donors (Lipinski definition) is 2. The predicted octanol–water partition coefficient (Wildman–Crippen LogP) is 3.09. The number of carbonyl (C=O) groups is 1. The van der Waals surface area contributed by atoms with Crippen LogP contribution in [-0.2, 0) is 12.8 Å². The van der Waals surface area contributed by atoms with Gasteiger partial charge >= 0.3 is 5.97 Å². The molecule has 110 valence electrons. The van der Waals surface area contributed by atoms with E-state index in [1.54, 1.807) is 6.07 Å². The zero-order valence-electron chi connectivity index (χ0n) is 11.7. The van der Waals surface area contributed by atoms with Gasteiger partial charge in [0, 0.05) is 5.69 Å². The molecule has 0 unspecified atom stereocenters. The first kappa shape index (κ1) is 15.2. The number of aryl methyl sites for hydroxylation is 2. The molecule has 0 saturated heterocycles. The fourth-order valence-corrected chi connectivity index (χ4v) is 2.09. The van der Waals surface area contributed by atoms with Crippen LogP contribution in [-0.4, -0.2) is 26.3 Å². The van der Waals surface area contributed by atoms with Crippen LogP contribution >= 0.6 is 11.6 Å². The summed E-state index contributed by atoms with van der Waals surface area (Å²) in [6, 6.07) is 4.62. The van der Waals surface area contributed by atoms with Gasteiger partial charge in [-0.15, -0.1) is 10.2 Å². The summed E-state index contributed by atoms with van der Waals surface area (Å²) < 4.78 is 0. The second-order valence-corrected chi connectivity index (χ2v) is 4.77. The fourth-order valence-electron chi connectivity index (χ4n) is 1.89. The van der Waals surface area contributed by atoms with Gasteiger partial charge in [0.15, 0.2) is 0 Å². The Morgan fingerprint density at radius 1 is 1.24 bits per heavy atom. The van der Waals surface area contributed by atoms with Crippen LogP contribution in [0.4, 0.5) is 11.6 Å². The Hall–Kier alpha value is -2.21. The van der Waals surface area contributed by atoms with E-state index in [0.717, 1.165) is 24.2 Å². The summed E-state index contributed by atoms with van der Waals surface area (Å²) in [5, 5.41) is 20.3. The van der Waals surface area contributed by atoms with Crippen molar-refractivity contribution in [2.75, 3.05) is 5.32 Å². The van der Waals surface area contributed by atoms with Crippen LogP contribution in [0.3, 0.4) is 0 Å². The van der Waals surface area contributed by atoms with Crippen molar-refractivity contribution in [3.8, 4) is 0 Å². The van der Waals surface area contributed by atoms with Crippen molar-refractivity contribution in [1.82, 2.24) is 15.2 Å². The molecule has 6 nitrogen and oxygen atoms in total. The van der Waals surface area contributed by atoms with Gasteiger partial charge in [-0.1, -0.05) is 25.4 Å². The minimum Gasteiger partial charge on any atom is -0.478 e. The van der Waals surface area contributed by atoms with Crippen molar-refractivity contribution in [1.29, 1.82) is 0 Å². The number of aromatic nitrogens is 3. The lowest BCUT2D eigenvalue weighted by atomic mass is 10.2. The molecule has 0 bridgehead atoms. The molecule has 2 N–H and O–H groups in total. The van der Waals surface area contributed by atoms with Crippen molar-refractivity contribution < 1.29 is 9.90 Å². The number of hydrogen-bond acceptors (Lipinski definition) is 5. The molecule has 1 heterocycles. The van der Waals surface area contributed by atoms with Gasteiger partial charge in [0.1, 0.15) is 0 Å². The van der Waals surface area contributed by atoms with Crippen LogP contribution in [0, 0.1) is 0 Å². The first-order chi connectivity index (χ1) is 10.0. The van der Waals surface area contributed by atoms with Crippen molar-refractivity contribution in [3.05, 3.63) is 40.2 Å². The lowest BCUT2D eigenvalue weighted by molar-refractivity contribution is 0.0697. The molecule has 0 aliphatic heterocycles.